The highest BCUT2D eigenvalue weighted by Crippen LogP contribution is 2.40. The first-order valence-electron chi connectivity index (χ1n) is 6.89. The van der Waals surface area contributed by atoms with Crippen molar-refractivity contribution in [2.45, 2.75) is 26.2 Å². The zero-order valence-electron chi connectivity index (χ0n) is 11.5. The molecular weight excluding hydrogens is 224 g/mol. The van der Waals surface area contributed by atoms with Crippen LogP contribution in [0.15, 0.2) is 24.3 Å². The predicted molar refractivity (Wildman–Crippen MR) is 76.3 cm³/mol. The lowest BCUT2D eigenvalue weighted by atomic mass is 9.68. The average Bonchev–Trinajstić information content (AvgIpc) is 2.35. The van der Waals surface area contributed by atoms with E-state index in [2.05, 4.69) is 22.8 Å². The second kappa shape index (κ2) is 6.10. The molecular formula is C15H24N2O. The summed E-state index contributed by atoms with van der Waals surface area (Å²) >= 11 is 0. The zero-order valence-corrected chi connectivity index (χ0v) is 11.5. The Morgan fingerprint density at radius 1 is 1.17 bits per heavy atom. The quantitative estimate of drug-likeness (QED) is 0.778. The number of hydrogen-bond acceptors (Lipinski definition) is 3. The van der Waals surface area contributed by atoms with Crippen LogP contribution in [0, 0.1) is 5.41 Å². The van der Waals surface area contributed by atoms with Crippen molar-refractivity contribution in [2.24, 2.45) is 5.41 Å². The van der Waals surface area contributed by atoms with Crippen molar-refractivity contribution in [3.8, 4) is 5.75 Å². The summed E-state index contributed by atoms with van der Waals surface area (Å²) in [7, 11) is 2.04. The summed E-state index contributed by atoms with van der Waals surface area (Å²) in [6.07, 6.45) is 4.03. The fraction of sp³-hybridized carbons (Fsp3) is 0.600. The van der Waals surface area contributed by atoms with Crippen molar-refractivity contribution in [3.05, 3.63) is 24.3 Å². The van der Waals surface area contributed by atoms with Crippen LogP contribution in [0.1, 0.15) is 26.2 Å². The van der Waals surface area contributed by atoms with Crippen LogP contribution in [0.3, 0.4) is 0 Å². The molecule has 0 atom stereocenters. The molecule has 1 fully saturated rings. The molecule has 1 saturated carbocycles. The van der Waals surface area contributed by atoms with Crippen LogP contribution in [0.5, 0.6) is 5.75 Å². The molecule has 18 heavy (non-hydrogen) atoms. The Morgan fingerprint density at radius 3 is 2.39 bits per heavy atom. The molecule has 0 amide bonds. The van der Waals surface area contributed by atoms with E-state index < -0.39 is 0 Å². The van der Waals surface area contributed by atoms with E-state index in [0.29, 0.717) is 5.41 Å². The van der Waals surface area contributed by atoms with E-state index in [9.17, 15) is 0 Å². The summed E-state index contributed by atoms with van der Waals surface area (Å²) in [6.45, 7) is 4.89. The highest BCUT2D eigenvalue weighted by molar-refractivity contribution is 5.46. The number of rotatable bonds is 7. The predicted octanol–water partition coefficient (Wildman–Crippen LogP) is 2.89. The molecule has 0 spiro atoms. The summed E-state index contributed by atoms with van der Waals surface area (Å²) < 4.78 is 5.44. The van der Waals surface area contributed by atoms with Gasteiger partial charge >= 0.3 is 0 Å². The minimum absolute atomic E-state index is 0.466. The van der Waals surface area contributed by atoms with Crippen LogP contribution >= 0.6 is 0 Å². The van der Waals surface area contributed by atoms with Crippen molar-refractivity contribution in [1.29, 1.82) is 0 Å². The van der Waals surface area contributed by atoms with E-state index in [1.807, 2.05) is 26.1 Å². The first-order chi connectivity index (χ1) is 8.78. The lowest BCUT2D eigenvalue weighted by molar-refractivity contribution is 0.151. The van der Waals surface area contributed by atoms with E-state index in [-0.39, 0.29) is 0 Å². The van der Waals surface area contributed by atoms with Gasteiger partial charge < -0.3 is 15.4 Å². The van der Waals surface area contributed by atoms with Crippen molar-refractivity contribution in [3.63, 3.8) is 0 Å². The van der Waals surface area contributed by atoms with E-state index in [4.69, 9.17) is 4.74 Å². The molecule has 2 rings (SSSR count). The third kappa shape index (κ3) is 3.16. The molecule has 0 radical (unpaired) electrons. The van der Waals surface area contributed by atoms with Gasteiger partial charge in [-0.3, -0.25) is 0 Å². The van der Waals surface area contributed by atoms with Gasteiger partial charge in [0.2, 0.25) is 0 Å². The molecule has 100 valence electrons. The topological polar surface area (TPSA) is 33.3 Å². The summed E-state index contributed by atoms with van der Waals surface area (Å²) in [5, 5.41) is 6.86. The number of nitrogens with one attached hydrogen (secondary N) is 2. The van der Waals surface area contributed by atoms with E-state index in [0.717, 1.165) is 25.4 Å². The van der Waals surface area contributed by atoms with Crippen molar-refractivity contribution in [2.75, 3.05) is 32.1 Å². The molecule has 1 aliphatic rings. The molecule has 0 saturated heterocycles. The van der Waals surface area contributed by atoms with Crippen LogP contribution in [-0.2, 0) is 0 Å². The van der Waals surface area contributed by atoms with Gasteiger partial charge in [0, 0.05) is 24.2 Å². The first-order valence-corrected chi connectivity index (χ1v) is 6.89. The molecule has 0 aromatic heterocycles. The number of benzene rings is 1. The fourth-order valence-corrected chi connectivity index (χ4v) is 2.59. The Labute approximate surface area is 110 Å². The Kier molecular flexibility index (Phi) is 4.48. The van der Waals surface area contributed by atoms with E-state index >= 15 is 0 Å². The highest BCUT2D eigenvalue weighted by Gasteiger charge is 2.35. The molecule has 0 unspecified atom stereocenters. The summed E-state index contributed by atoms with van der Waals surface area (Å²) in [6, 6.07) is 8.24. The Morgan fingerprint density at radius 2 is 1.89 bits per heavy atom. The maximum absolute atomic E-state index is 5.44. The van der Waals surface area contributed by atoms with Gasteiger partial charge in [-0.15, -0.1) is 0 Å². The molecule has 1 aromatic rings. The molecule has 3 nitrogen and oxygen atoms in total. The Balaban J connectivity index is 1.85. The molecule has 0 heterocycles. The fourth-order valence-electron chi connectivity index (χ4n) is 2.59. The van der Waals surface area contributed by atoms with Gasteiger partial charge in [-0.25, -0.2) is 0 Å². The molecule has 2 N–H and O–H groups in total. The third-order valence-corrected chi connectivity index (χ3v) is 3.80. The average molecular weight is 248 g/mol. The van der Waals surface area contributed by atoms with Crippen LogP contribution < -0.4 is 15.4 Å². The number of hydrogen-bond donors (Lipinski definition) is 2. The SMILES string of the molecule is CCOc1ccc(NCC2(CNC)CCC2)cc1. The minimum Gasteiger partial charge on any atom is -0.494 e. The maximum Gasteiger partial charge on any atom is 0.119 e. The summed E-state index contributed by atoms with van der Waals surface area (Å²) in [5.74, 6) is 0.941. The Bertz CT molecular complexity index is 357. The second-order valence-corrected chi connectivity index (χ2v) is 5.19. The van der Waals surface area contributed by atoms with Crippen LogP contribution in [0.25, 0.3) is 0 Å². The summed E-state index contributed by atoms with van der Waals surface area (Å²) in [4.78, 5) is 0. The van der Waals surface area contributed by atoms with Gasteiger partial charge in [0.15, 0.2) is 0 Å². The molecule has 0 aliphatic heterocycles. The van der Waals surface area contributed by atoms with E-state index in [1.54, 1.807) is 0 Å². The molecule has 3 heteroatoms. The van der Waals surface area contributed by atoms with Crippen molar-refractivity contribution >= 4 is 5.69 Å². The van der Waals surface area contributed by atoms with Gasteiger partial charge in [0.1, 0.15) is 5.75 Å². The molecule has 1 aromatic carbocycles. The van der Waals surface area contributed by atoms with Crippen molar-refractivity contribution < 1.29 is 4.74 Å². The van der Waals surface area contributed by atoms with Gasteiger partial charge in [-0.1, -0.05) is 6.42 Å². The highest BCUT2D eigenvalue weighted by atomic mass is 16.5. The maximum atomic E-state index is 5.44. The number of anilines is 1. The van der Waals surface area contributed by atoms with Crippen LogP contribution in [0.2, 0.25) is 0 Å². The molecule has 0 bridgehead atoms. The smallest absolute Gasteiger partial charge is 0.119 e. The van der Waals surface area contributed by atoms with Gasteiger partial charge in [-0.2, -0.15) is 0 Å². The van der Waals surface area contributed by atoms with Crippen LogP contribution in [-0.4, -0.2) is 26.7 Å². The van der Waals surface area contributed by atoms with Gasteiger partial charge in [-0.05, 0) is 51.1 Å². The van der Waals surface area contributed by atoms with Crippen LogP contribution in [0.4, 0.5) is 5.69 Å². The monoisotopic (exact) mass is 248 g/mol. The largest absolute Gasteiger partial charge is 0.494 e. The van der Waals surface area contributed by atoms with Gasteiger partial charge in [0.05, 0.1) is 6.61 Å². The first kappa shape index (κ1) is 13.2. The second-order valence-electron chi connectivity index (χ2n) is 5.19. The zero-order chi connectivity index (χ0) is 12.8. The molecule has 1 aliphatic carbocycles. The normalized spacial score (nSPS) is 17.0. The number of ether oxygens (including phenoxy) is 1. The Hall–Kier alpha value is -1.22. The van der Waals surface area contributed by atoms with E-state index in [1.165, 1.54) is 24.9 Å². The standard InChI is InChI=1S/C15H24N2O/c1-3-18-14-7-5-13(6-8-14)17-12-15(11-16-2)9-4-10-15/h5-8,16-17H,3-4,9-12H2,1-2H3. The summed E-state index contributed by atoms with van der Waals surface area (Å²) in [5.41, 5.74) is 1.65. The third-order valence-electron chi connectivity index (χ3n) is 3.80. The lowest BCUT2D eigenvalue weighted by Gasteiger charge is -2.42. The van der Waals surface area contributed by atoms with Gasteiger partial charge in [0.25, 0.3) is 0 Å². The minimum atomic E-state index is 0.466. The van der Waals surface area contributed by atoms with Crippen molar-refractivity contribution in [1.82, 2.24) is 5.32 Å². The lowest BCUT2D eigenvalue weighted by Crippen LogP contribution is -2.44.